The number of benzene rings is 1. The van der Waals surface area contributed by atoms with Crippen LogP contribution in [0.15, 0.2) is 24.3 Å². The van der Waals surface area contributed by atoms with Crippen LogP contribution in [-0.2, 0) is 4.79 Å². The molecule has 0 radical (unpaired) electrons. The second-order valence-electron chi connectivity index (χ2n) is 5.16. The summed E-state index contributed by atoms with van der Waals surface area (Å²) >= 11 is 0. The summed E-state index contributed by atoms with van der Waals surface area (Å²) in [6.07, 6.45) is 4.13. The molecule has 2 aliphatic heterocycles. The summed E-state index contributed by atoms with van der Waals surface area (Å²) in [6.45, 7) is 2.37. The van der Waals surface area contributed by atoms with Gasteiger partial charge in [0.25, 0.3) is 0 Å². The van der Waals surface area contributed by atoms with Crippen molar-refractivity contribution in [1.29, 1.82) is 0 Å². The van der Waals surface area contributed by atoms with Gasteiger partial charge in [0.05, 0.1) is 18.3 Å². The lowest BCUT2D eigenvalue weighted by Gasteiger charge is -2.29. The summed E-state index contributed by atoms with van der Waals surface area (Å²) in [5, 5.41) is 3.34. The molecule has 2 aliphatic rings. The molecule has 0 spiro atoms. The van der Waals surface area contributed by atoms with Crippen LogP contribution in [0.25, 0.3) is 0 Å². The molecular weight excluding hydrogens is 240 g/mol. The summed E-state index contributed by atoms with van der Waals surface area (Å²) in [6, 6.07) is 7.80. The molecule has 1 fully saturated rings. The van der Waals surface area contributed by atoms with Gasteiger partial charge in [-0.3, -0.25) is 4.79 Å². The Bertz CT molecular complexity index is 455. The Kier molecular flexibility index (Phi) is 3.69. The Morgan fingerprint density at radius 2 is 2.16 bits per heavy atom. The van der Waals surface area contributed by atoms with Gasteiger partial charge >= 0.3 is 0 Å². The van der Waals surface area contributed by atoms with Gasteiger partial charge < -0.3 is 15.0 Å². The van der Waals surface area contributed by atoms with E-state index in [0.29, 0.717) is 6.61 Å². The molecule has 0 saturated carbocycles. The first-order valence-electron chi connectivity index (χ1n) is 7.13. The molecule has 19 heavy (non-hydrogen) atoms. The summed E-state index contributed by atoms with van der Waals surface area (Å²) in [5.41, 5.74) is 0.914. The van der Waals surface area contributed by atoms with E-state index in [1.165, 1.54) is 6.42 Å². The number of piperidine rings is 1. The smallest absolute Gasteiger partial charge is 0.244 e. The Labute approximate surface area is 113 Å². The molecule has 102 valence electrons. The standard InChI is InChI=1S/C15H20N2O2/c18-15(12-6-3-4-9-16-12)17-10-5-11-19-14-8-2-1-7-13(14)17/h1-2,7-8,12,16H,3-6,9-11H2/t12-/m0/s1. The van der Waals surface area contributed by atoms with Crippen molar-refractivity contribution in [3.8, 4) is 5.75 Å². The Morgan fingerprint density at radius 1 is 1.26 bits per heavy atom. The summed E-state index contributed by atoms with van der Waals surface area (Å²) in [7, 11) is 0. The summed E-state index contributed by atoms with van der Waals surface area (Å²) < 4.78 is 5.70. The molecule has 0 aromatic heterocycles. The van der Waals surface area contributed by atoms with Gasteiger partial charge in [-0.05, 0) is 37.9 Å². The number of anilines is 1. The van der Waals surface area contributed by atoms with E-state index in [1.54, 1.807) is 0 Å². The third-order valence-electron chi connectivity index (χ3n) is 3.81. The molecule has 1 atom stereocenters. The lowest BCUT2D eigenvalue weighted by molar-refractivity contribution is -0.121. The predicted octanol–water partition coefficient (Wildman–Crippen LogP) is 1.94. The third-order valence-corrected chi connectivity index (χ3v) is 3.81. The number of ether oxygens (including phenoxy) is 1. The lowest BCUT2D eigenvalue weighted by atomic mass is 10.0. The van der Waals surface area contributed by atoms with Crippen LogP contribution < -0.4 is 15.0 Å². The van der Waals surface area contributed by atoms with Gasteiger partial charge in [-0.2, -0.15) is 0 Å². The molecule has 0 bridgehead atoms. The third kappa shape index (κ3) is 2.59. The first kappa shape index (κ1) is 12.5. The first-order valence-corrected chi connectivity index (χ1v) is 7.13. The number of hydrogen-bond donors (Lipinski definition) is 1. The van der Waals surface area contributed by atoms with Crippen molar-refractivity contribution in [2.75, 3.05) is 24.6 Å². The number of carbonyl (C=O) groups excluding carboxylic acids is 1. The molecule has 1 aromatic rings. The van der Waals surface area contributed by atoms with E-state index in [-0.39, 0.29) is 11.9 Å². The van der Waals surface area contributed by atoms with E-state index in [0.717, 1.165) is 43.8 Å². The van der Waals surface area contributed by atoms with E-state index in [2.05, 4.69) is 5.32 Å². The van der Waals surface area contributed by atoms with Gasteiger partial charge in [0, 0.05) is 6.54 Å². The molecule has 4 nitrogen and oxygen atoms in total. The van der Waals surface area contributed by atoms with E-state index in [9.17, 15) is 4.79 Å². The highest BCUT2D eigenvalue weighted by Crippen LogP contribution is 2.31. The number of carbonyl (C=O) groups is 1. The average molecular weight is 260 g/mol. The van der Waals surface area contributed by atoms with E-state index < -0.39 is 0 Å². The van der Waals surface area contributed by atoms with Crippen LogP contribution >= 0.6 is 0 Å². The zero-order valence-electron chi connectivity index (χ0n) is 11.1. The normalized spacial score (nSPS) is 23.2. The van der Waals surface area contributed by atoms with Gasteiger partial charge in [-0.25, -0.2) is 0 Å². The fourth-order valence-corrected chi connectivity index (χ4v) is 2.81. The number of nitrogens with one attached hydrogen (secondary N) is 1. The Morgan fingerprint density at radius 3 is 3.00 bits per heavy atom. The second-order valence-corrected chi connectivity index (χ2v) is 5.16. The second kappa shape index (κ2) is 5.61. The molecular formula is C15H20N2O2. The van der Waals surface area contributed by atoms with E-state index in [1.807, 2.05) is 29.2 Å². The minimum absolute atomic E-state index is 0.0279. The topological polar surface area (TPSA) is 41.6 Å². The molecule has 0 unspecified atom stereocenters. The number of nitrogens with zero attached hydrogens (tertiary/aromatic N) is 1. The van der Waals surface area contributed by atoms with Crippen molar-refractivity contribution in [1.82, 2.24) is 5.32 Å². The zero-order chi connectivity index (χ0) is 13.1. The monoisotopic (exact) mass is 260 g/mol. The van der Waals surface area contributed by atoms with Crippen molar-refractivity contribution in [3.63, 3.8) is 0 Å². The lowest BCUT2D eigenvalue weighted by Crippen LogP contribution is -2.49. The van der Waals surface area contributed by atoms with Crippen LogP contribution in [0.1, 0.15) is 25.7 Å². The highest BCUT2D eigenvalue weighted by molar-refractivity contribution is 5.98. The Hall–Kier alpha value is -1.55. The number of amides is 1. The first-order chi connectivity index (χ1) is 9.36. The summed E-state index contributed by atoms with van der Waals surface area (Å²) in [5.74, 6) is 1.02. The minimum atomic E-state index is -0.0279. The number of rotatable bonds is 1. The number of fused-ring (bicyclic) bond motifs is 1. The molecule has 1 aromatic carbocycles. The zero-order valence-corrected chi connectivity index (χ0v) is 11.1. The summed E-state index contributed by atoms with van der Waals surface area (Å²) in [4.78, 5) is 14.6. The molecule has 1 saturated heterocycles. The van der Waals surface area contributed by atoms with Crippen molar-refractivity contribution in [2.24, 2.45) is 0 Å². The minimum Gasteiger partial charge on any atom is -0.491 e. The highest BCUT2D eigenvalue weighted by atomic mass is 16.5. The molecule has 2 heterocycles. The molecule has 4 heteroatoms. The van der Waals surface area contributed by atoms with Crippen molar-refractivity contribution >= 4 is 11.6 Å². The average Bonchev–Trinajstić information content (AvgIpc) is 2.70. The van der Waals surface area contributed by atoms with Crippen LogP contribution in [0, 0.1) is 0 Å². The van der Waals surface area contributed by atoms with Gasteiger partial charge in [0.2, 0.25) is 5.91 Å². The predicted molar refractivity (Wildman–Crippen MR) is 74.5 cm³/mol. The maximum atomic E-state index is 12.7. The Balaban J connectivity index is 1.84. The van der Waals surface area contributed by atoms with Crippen LogP contribution in [0.5, 0.6) is 5.75 Å². The van der Waals surface area contributed by atoms with Gasteiger partial charge in [-0.1, -0.05) is 18.6 Å². The highest BCUT2D eigenvalue weighted by Gasteiger charge is 2.28. The van der Waals surface area contributed by atoms with Crippen LogP contribution in [-0.4, -0.2) is 31.6 Å². The maximum absolute atomic E-state index is 12.7. The van der Waals surface area contributed by atoms with Crippen LogP contribution in [0.3, 0.4) is 0 Å². The maximum Gasteiger partial charge on any atom is 0.244 e. The van der Waals surface area contributed by atoms with Gasteiger partial charge in [-0.15, -0.1) is 0 Å². The van der Waals surface area contributed by atoms with Gasteiger partial charge in [0.15, 0.2) is 0 Å². The van der Waals surface area contributed by atoms with Gasteiger partial charge in [0.1, 0.15) is 5.75 Å². The van der Waals surface area contributed by atoms with Crippen molar-refractivity contribution < 1.29 is 9.53 Å². The fraction of sp³-hybridized carbons (Fsp3) is 0.533. The molecule has 1 N–H and O–H groups in total. The van der Waals surface area contributed by atoms with E-state index in [4.69, 9.17) is 4.74 Å². The molecule has 1 amide bonds. The van der Waals surface area contributed by atoms with Crippen LogP contribution in [0.4, 0.5) is 5.69 Å². The fourth-order valence-electron chi connectivity index (χ4n) is 2.81. The molecule has 3 rings (SSSR count). The van der Waals surface area contributed by atoms with Crippen molar-refractivity contribution in [2.45, 2.75) is 31.7 Å². The van der Waals surface area contributed by atoms with E-state index >= 15 is 0 Å². The number of hydrogen-bond acceptors (Lipinski definition) is 3. The van der Waals surface area contributed by atoms with Crippen LogP contribution in [0.2, 0.25) is 0 Å². The SMILES string of the molecule is O=C([C@@H]1CCCCN1)N1CCCOc2ccccc21. The quantitative estimate of drug-likeness (QED) is 0.839. The number of para-hydroxylation sites is 2. The largest absolute Gasteiger partial charge is 0.491 e. The van der Waals surface area contributed by atoms with Crippen molar-refractivity contribution in [3.05, 3.63) is 24.3 Å². The molecule has 0 aliphatic carbocycles.